The second-order valence-corrected chi connectivity index (χ2v) is 6.21. The number of rotatable bonds is 5. The number of anilines is 1. The van der Waals surface area contributed by atoms with Crippen molar-refractivity contribution < 1.29 is 4.21 Å². The van der Waals surface area contributed by atoms with Gasteiger partial charge in [0.25, 0.3) is 0 Å². The Morgan fingerprint density at radius 1 is 1.53 bits per heavy atom. The molecule has 1 aromatic rings. The molecule has 2 heterocycles. The number of hydrogen-bond acceptors (Lipinski definition) is 3. The van der Waals surface area contributed by atoms with Crippen LogP contribution in [0.3, 0.4) is 0 Å². The maximum Gasteiger partial charge on any atom is 0.203 e. The van der Waals surface area contributed by atoms with Crippen LogP contribution in [0.2, 0.25) is 0 Å². The molecule has 0 radical (unpaired) electrons. The summed E-state index contributed by atoms with van der Waals surface area (Å²) in [6.07, 6.45) is 8.25. The third kappa shape index (κ3) is 3.31. The summed E-state index contributed by atoms with van der Waals surface area (Å²) in [6.45, 7) is 3.16. The molecule has 0 aliphatic carbocycles. The van der Waals surface area contributed by atoms with Gasteiger partial charge >= 0.3 is 0 Å². The van der Waals surface area contributed by atoms with Crippen LogP contribution in [0.15, 0.2) is 12.4 Å². The van der Waals surface area contributed by atoms with Crippen LogP contribution in [0, 0.1) is 0 Å². The van der Waals surface area contributed by atoms with E-state index >= 15 is 0 Å². The molecule has 1 fully saturated rings. The largest absolute Gasteiger partial charge is 0.356 e. The number of hydrogen-bond donors (Lipinski definition) is 1. The van der Waals surface area contributed by atoms with E-state index < -0.39 is 10.8 Å². The fourth-order valence-corrected chi connectivity index (χ4v) is 3.46. The molecule has 0 unspecified atom stereocenters. The van der Waals surface area contributed by atoms with Crippen molar-refractivity contribution in [3.05, 3.63) is 12.4 Å². The van der Waals surface area contributed by atoms with Gasteiger partial charge in [-0.3, -0.25) is 4.21 Å². The molecule has 1 N–H and O–H groups in total. The maximum absolute atomic E-state index is 11.3. The lowest BCUT2D eigenvalue weighted by atomic mass is 10.1. The fraction of sp³-hybridized carbons (Fsp3) is 0.750. The smallest absolute Gasteiger partial charge is 0.203 e. The highest BCUT2D eigenvalue weighted by Crippen LogP contribution is 2.25. The molecule has 1 aromatic heterocycles. The van der Waals surface area contributed by atoms with Gasteiger partial charge in [0.15, 0.2) is 0 Å². The average molecular weight is 255 g/mol. The molecule has 0 atom stereocenters. The van der Waals surface area contributed by atoms with Gasteiger partial charge in [-0.2, -0.15) is 0 Å². The normalized spacial score (nSPS) is 24.8. The van der Waals surface area contributed by atoms with E-state index in [1.165, 1.54) is 12.8 Å². The van der Waals surface area contributed by atoms with Crippen molar-refractivity contribution in [2.75, 3.05) is 23.4 Å². The lowest BCUT2D eigenvalue weighted by Gasteiger charge is -2.24. The Hall–Kier alpha value is -0.840. The van der Waals surface area contributed by atoms with Crippen LogP contribution in [0.1, 0.15) is 38.6 Å². The standard InChI is InChI=1S/C12H21N3OS/c1-2-3-6-13-12-14-7-8-15(12)11-4-9-17(16)10-5-11/h7-8,11H,2-6,9-10H2,1H3,(H,13,14). The molecule has 17 heavy (non-hydrogen) atoms. The van der Waals surface area contributed by atoms with Crippen molar-refractivity contribution in [3.63, 3.8) is 0 Å². The number of nitrogens with zero attached hydrogens (tertiary/aromatic N) is 2. The Kier molecular flexibility index (Phi) is 4.59. The van der Waals surface area contributed by atoms with Crippen molar-refractivity contribution in [3.8, 4) is 0 Å². The summed E-state index contributed by atoms with van der Waals surface area (Å²) in [5.74, 6) is 2.63. The Balaban J connectivity index is 1.95. The monoisotopic (exact) mass is 255 g/mol. The molecule has 0 spiro atoms. The van der Waals surface area contributed by atoms with E-state index in [9.17, 15) is 4.21 Å². The quantitative estimate of drug-likeness (QED) is 0.820. The third-order valence-corrected chi connectivity index (χ3v) is 4.62. The van der Waals surface area contributed by atoms with Gasteiger partial charge in [0.05, 0.1) is 0 Å². The first-order valence-corrected chi connectivity index (χ1v) is 7.91. The first-order valence-electron chi connectivity index (χ1n) is 6.43. The van der Waals surface area contributed by atoms with Gasteiger partial charge in [-0.1, -0.05) is 13.3 Å². The zero-order valence-corrected chi connectivity index (χ0v) is 11.2. The first-order chi connectivity index (χ1) is 8.31. The van der Waals surface area contributed by atoms with Crippen molar-refractivity contribution in [1.82, 2.24) is 9.55 Å². The van der Waals surface area contributed by atoms with Crippen LogP contribution in [-0.2, 0) is 10.8 Å². The predicted molar refractivity (Wildman–Crippen MR) is 71.8 cm³/mol. The molecule has 5 heteroatoms. The third-order valence-electron chi connectivity index (χ3n) is 3.23. The van der Waals surface area contributed by atoms with Crippen LogP contribution in [0.25, 0.3) is 0 Å². The predicted octanol–water partition coefficient (Wildman–Crippen LogP) is 2.18. The number of unbranched alkanes of at least 4 members (excludes halogenated alkanes) is 1. The first kappa shape index (κ1) is 12.6. The summed E-state index contributed by atoms with van der Waals surface area (Å²) < 4.78 is 13.6. The topological polar surface area (TPSA) is 46.9 Å². The summed E-state index contributed by atoms with van der Waals surface area (Å²) in [6, 6.07) is 0.472. The highest BCUT2D eigenvalue weighted by Gasteiger charge is 2.20. The Morgan fingerprint density at radius 3 is 3.00 bits per heavy atom. The van der Waals surface area contributed by atoms with E-state index in [1.807, 2.05) is 12.4 Å². The molecular weight excluding hydrogens is 234 g/mol. The molecule has 1 aliphatic heterocycles. The van der Waals surface area contributed by atoms with Gasteiger partial charge in [-0.15, -0.1) is 0 Å². The van der Waals surface area contributed by atoms with E-state index in [0.29, 0.717) is 6.04 Å². The summed E-state index contributed by atoms with van der Waals surface area (Å²) in [7, 11) is -0.590. The van der Waals surface area contributed by atoms with E-state index in [4.69, 9.17) is 0 Å². The van der Waals surface area contributed by atoms with Gasteiger partial charge in [-0.25, -0.2) is 4.98 Å². The van der Waals surface area contributed by atoms with Gasteiger partial charge in [0, 0.05) is 47.3 Å². The van der Waals surface area contributed by atoms with Crippen LogP contribution < -0.4 is 5.32 Å². The summed E-state index contributed by atoms with van der Waals surface area (Å²) >= 11 is 0. The zero-order chi connectivity index (χ0) is 12.1. The lowest BCUT2D eigenvalue weighted by Crippen LogP contribution is -2.22. The molecule has 2 rings (SSSR count). The van der Waals surface area contributed by atoms with E-state index in [2.05, 4.69) is 21.8 Å². The number of imidazole rings is 1. The van der Waals surface area contributed by atoms with Gasteiger partial charge in [0.2, 0.25) is 5.95 Å². The summed E-state index contributed by atoms with van der Waals surface area (Å²) in [5.41, 5.74) is 0. The molecule has 1 aliphatic rings. The number of aromatic nitrogens is 2. The SMILES string of the molecule is CCCCNc1nccn1C1CCS(=O)CC1. The van der Waals surface area contributed by atoms with Crippen molar-refractivity contribution in [1.29, 1.82) is 0 Å². The lowest BCUT2D eigenvalue weighted by molar-refractivity contribution is 0.465. The van der Waals surface area contributed by atoms with Crippen LogP contribution in [0.4, 0.5) is 5.95 Å². The summed E-state index contributed by atoms with van der Waals surface area (Å²) in [5, 5.41) is 3.38. The van der Waals surface area contributed by atoms with Crippen LogP contribution in [-0.4, -0.2) is 31.8 Å². The van der Waals surface area contributed by atoms with Crippen molar-refractivity contribution >= 4 is 16.7 Å². The van der Waals surface area contributed by atoms with Gasteiger partial charge < -0.3 is 9.88 Å². The highest BCUT2D eigenvalue weighted by atomic mass is 32.2. The Morgan fingerprint density at radius 2 is 2.29 bits per heavy atom. The minimum Gasteiger partial charge on any atom is -0.356 e. The van der Waals surface area contributed by atoms with Crippen molar-refractivity contribution in [2.45, 2.75) is 38.6 Å². The maximum atomic E-state index is 11.3. The van der Waals surface area contributed by atoms with Gasteiger partial charge in [-0.05, 0) is 19.3 Å². The Bertz CT molecular complexity index is 368. The molecule has 0 bridgehead atoms. The van der Waals surface area contributed by atoms with E-state index in [0.717, 1.165) is 36.8 Å². The zero-order valence-electron chi connectivity index (χ0n) is 10.4. The van der Waals surface area contributed by atoms with Crippen LogP contribution in [0.5, 0.6) is 0 Å². The second kappa shape index (κ2) is 6.19. The molecule has 1 saturated heterocycles. The summed E-state index contributed by atoms with van der Waals surface area (Å²) in [4.78, 5) is 4.36. The molecule has 0 aromatic carbocycles. The molecular formula is C12H21N3OS. The van der Waals surface area contributed by atoms with Crippen molar-refractivity contribution in [2.24, 2.45) is 0 Å². The number of nitrogens with one attached hydrogen (secondary N) is 1. The highest BCUT2D eigenvalue weighted by molar-refractivity contribution is 7.85. The minimum atomic E-state index is -0.590. The minimum absolute atomic E-state index is 0.472. The molecule has 4 nitrogen and oxygen atoms in total. The van der Waals surface area contributed by atoms with E-state index in [-0.39, 0.29) is 0 Å². The molecule has 0 saturated carbocycles. The van der Waals surface area contributed by atoms with Gasteiger partial charge in [0.1, 0.15) is 0 Å². The average Bonchev–Trinajstić information content (AvgIpc) is 2.79. The van der Waals surface area contributed by atoms with E-state index in [1.54, 1.807) is 0 Å². The molecule has 96 valence electrons. The second-order valence-electron chi connectivity index (χ2n) is 4.52. The van der Waals surface area contributed by atoms with Crippen LogP contribution >= 0.6 is 0 Å². The Labute approximate surface area is 105 Å². The molecule has 0 amide bonds. The fourth-order valence-electron chi connectivity index (χ4n) is 2.18.